The van der Waals surface area contributed by atoms with Crippen LogP contribution in [0.2, 0.25) is 0 Å². The number of piperazine rings is 1. The van der Waals surface area contributed by atoms with Crippen LogP contribution in [-0.2, 0) is 9.59 Å². The molecule has 1 aromatic carbocycles. The zero-order chi connectivity index (χ0) is 16.7. The molecule has 7 nitrogen and oxygen atoms in total. The van der Waals surface area contributed by atoms with Gasteiger partial charge in [0.15, 0.2) is 0 Å². The van der Waals surface area contributed by atoms with Crippen LogP contribution in [0.25, 0.3) is 0 Å². The van der Waals surface area contributed by atoms with Gasteiger partial charge in [0, 0.05) is 37.9 Å². The smallest absolute Gasteiger partial charge is 0.238 e. The highest BCUT2D eigenvalue weighted by atomic mass is 16.5. The summed E-state index contributed by atoms with van der Waals surface area (Å²) in [4.78, 5) is 27.7. The molecule has 0 unspecified atom stereocenters. The zero-order valence-corrected chi connectivity index (χ0v) is 13.7. The summed E-state index contributed by atoms with van der Waals surface area (Å²) >= 11 is 0. The molecular formula is C16H24N4O3. The molecule has 1 aromatic rings. The van der Waals surface area contributed by atoms with E-state index in [9.17, 15) is 9.59 Å². The van der Waals surface area contributed by atoms with E-state index in [-0.39, 0.29) is 24.9 Å². The maximum atomic E-state index is 12.1. The summed E-state index contributed by atoms with van der Waals surface area (Å²) in [6.07, 6.45) is 0. The van der Waals surface area contributed by atoms with E-state index in [4.69, 9.17) is 4.74 Å². The number of nitrogens with one attached hydrogen (secondary N) is 2. The van der Waals surface area contributed by atoms with E-state index in [1.165, 1.54) is 0 Å². The third kappa shape index (κ3) is 5.54. The number of nitrogens with zero attached hydrogens (tertiary/aromatic N) is 2. The number of carbonyl (C=O) groups excluding carboxylic acids is 2. The predicted molar refractivity (Wildman–Crippen MR) is 88.6 cm³/mol. The van der Waals surface area contributed by atoms with Gasteiger partial charge in [0.05, 0.1) is 20.2 Å². The summed E-state index contributed by atoms with van der Waals surface area (Å²) in [7, 11) is 3.35. The Labute approximate surface area is 136 Å². The number of rotatable bonds is 6. The Morgan fingerprint density at radius 3 is 2.74 bits per heavy atom. The highest BCUT2D eigenvalue weighted by Gasteiger charge is 2.18. The number of benzene rings is 1. The number of amides is 2. The molecule has 0 aromatic heterocycles. The Balaban J connectivity index is 1.78. The molecule has 1 aliphatic heterocycles. The number of methoxy groups -OCH3 is 1. The minimum Gasteiger partial charge on any atom is -0.497 e. The molecule has 2 amide bonds. The summed E-state index contributed by atoms with van der Waals surface area (Å²) in [6.45, 7) is 3.50. The van der Waals surface area contributed by atoms with Crippen molar-refractivity contribution in [2.75, 3.05) is 58.7 Å². The van der Waals surface area contributed by atoms with Crippen LogP contribution in [0.5, 0.6) is 5.75 Å². The summed E-state index contributed by atoms with van der Waals surface area (Å²) < 4.78 is 5.12. The Hall–Kier alpha value is -2.12. The first-order valence-electron chi connectivity index (χ1n) is 7.69. The van der Waals surface area contributed by atoms with Crippen molar-refractivity contribution in [2.45, 2.75) is 0 Å². The lowest BCUT2D eigenvalue weighted by Crippen LogP contribution is -2.49. The summed E-state index contributed by atoms with van der Waals surface area (Å²) in [6, 6.07) is 7.18. The number of likely N-dealkylation sites (N-methyl/N-ethyl adjacent to an activating group) is 1. The second kappa shape index (κ2) is 8.50. The van der Waals surface area contributed by atoms with E-state index in [0.29, 0.717) is 11.4 Å². The van der Waals surface area contributed by atoms with Crippen molar-refractivity contribution >= 4 is 17.5 Å². The lowest BCUT2D eigenvalue weighted by molar-refractivity contribution is -0.133. The Kier molecular flexibility index (Phi) is 6.37. The molecule has 0 radical (unpaired) electrons. The van der Waals surface area contributed by atoms with Gasteiger partial charge in [-0.1, -0.05) is 6.07 Å². The normalized spacial score (nSPS) is 14.7. The average Bonchev–Trinajstić information content (AvgIpc) is 2.55. The van der Waals surface area contributed by atoms with E-state index < -0.39 is 0 Å². The van der Waals surface area contributed by atoms with Crippen LogP contribution in [0.4, 0.5) is 5.69 Å². The highest BCUT2D eigenvalue weighted by molar-refractivity contribution is 5.92. The quantitative estimate of drug-likeness (QED) is 0.772. The van der Waals surface area contributed by atoms with Crippen molar-refractivity contribution in [1.82, 2.24) is 15.1 Å². The second-order valence-electron chi connectivity index (χ2n) is 5.58. The maximum Gasteiger partial charge on any atom is 0.238 e. The summed E-state index contributed by atoms with van der Waals surface area (Å²) in [5.41, 5.74) is 0.677. The Morgan fingerprint density at radius 1 is 1.30 bits per heavy atom. The van der Waals surface area contributed by atoms with Gasteiger partial charge in [0.1, 0.15) is 5.75 Å². The van der Waals surface area contributed by atoms with E-state index in [1.807, 2.05) is 17.0 Å². The minimum absolute atomic E-state index is 0.0585. The molecule has 23 heavy (non-hydrogen) atoms. The molecule has 126 valence electrons. The van der Waals surface area contributed by atoms with Crippen molar-refractivity contribution in [3.63, 3.8) is 0 Å². The van der Waals surface area contributed by atoms with Crippen molar-refractivity contribution < 1.29 is 14.3 Å². The van der Waals surface area contributed by atoms with Gasteiger partial charge in [0.2, 0.25) is 11.8 Å². The number of carbonyl (C=O) groups is 2. The van der Waals surface area contributed by atoms with Crippen LogP contribution in [0.15, 0.2) is 24.3 Å². The molecule has 1 heterocycles. The van der Waals surface area contributed by atoms with Gasteiger partial charge < -0.3 is 20.3 Å². The van der Waals surface area contributed by atoms with Crippen molar-refractivity contribution in [1.29, 1.82) is 0 Å². The molecule has 2 rings (SSSR count). The minimum atomic E-state index is -0.158. The van der Waals surface area contributed by atoms with Gasteiger partial charge in [-0.05, 0) is 19.2 Å². The molecule has 1 fully saturated rings. The fraction of sp³-hybridized carbons (Fsp3) is 0.500. The standard InChI is InChI=1S/C16H24N4O3/c1-19(12-16(22)20-8-6-17-7-9-20)11-15(21)18-13-4-3-5-14(10-13)23-2/h3-5,10,17H,6-9,11-12H2,1-2H3,(H,18,21). The third-order valence-electron chi connectivity index (χ3n) is 3.64. The van der Waals surface area contributed by atoms with Gasteiger partial charge in [-0.3, -0.25) is 14.5 Å². The first kappa shape index (κ1) is 17.2. The Morgan fingerprint density at radius 2 is 2.04 bits per heavy atom. The molecule has 0 bridgehead atoms. The van der Waals surface area contributed by atoms with Crippen LogP contribution >= 0.6 is 0 Å². The fourth-order valence-corrected chi connectivity index (χ4v) is 2.45. The number of hydrogen-bond donors (Lipinski definition) is 2. The molecule has 2 N–H and O–H groups in total. The van der Waals surface area contributed by atoms with Gasteiger partial charge in [-0.15, -0.1) is 0 Å². The van der Waals surface area contributed by atoms with Crippen molar-refractivity contribution in [3.8, 4) is 5.75 Å². The largest absolute Gasteiger partial charge is 0.497 e. The molecule has 0 spiro atoms. The lowest BCUT2D eigenvalue weighted by atomic mass is 10.3. The molecule has 0 atom stereocenters. The highest BCUT2D eigenvalue weighted by Crippen LogP contribution is 2.16. The maximum absolute atomic E-state index is 12.1. The monoisotopic (exact) mass is 320 g/mol. The summed E-state index contributed by atoms with van der Waals surface area (Å²) in [5.74, 6) is 0.585. The van der Waals surface area contributed by atoms with E-state index >= 15 is 0 Å². The van der Waals surface area contributed by atoms with Crippen LogP contribution in [0.1, 0.15) is 0 Å². The van der Waals surface area contributed by atoms with Gasteiger partial charge >= 0.3 is 0 Å². The SMILES string of the molecule is COc1cccc(NC(=O)CN(C)CC(=O)N2CCNCC2)c1. The van der Waals surface area contributed by atoms with Crippen LogP contribution in [-0.4, -0.2) is 75.0 Å². The van der Waals surface area contributed by atoms with E-state index in [2.05, 4.69) is 10.6 Å². The predicted octanol–water partition coefficient (Wildman–Crippen LogP) is -0.00270. The van der Waals surface area contributed by atoms with Crippen LogP contribution < -0.4 is 15.4 Å². The van der Waals surface area contributed by atoms with E-state index in [1.54, 1.807) is 31.2 Å². The van der Waals surface area contributed by atoms with E-state index in [0.717, 1.165) is 26.2 Å². The zero-order valence-electron chi connectivity index (χ0n) is 13.7. The molecule has 1 aliphatic rings. The fourth-order valence-electron chi connectivity index (χ4n) is 2.45. The average molecular weight is 320 g/mol. The molecule has 1 saturated heterocycles. The molecule has 0 aliphatic carbocycles. The second-order valence-corrected chi connectivity index (χ2v) is 5.58. The van der Waals surface area contributed by atoms with Gasteiger partial charge in [-0.25, -0.2) is 0 Å². The molecule has 7 heteroatoms. The molecule has 0 saturated carbocycles. The topological polar surface area (TPSA) is 73.9 Å². The summed E-state index contributed by atoms with van der Waals surface area (Å²) in [5, 5.41) is 6.01. The number of anilines is 1. The van der Waals surface area contributed by atoms with Gasteiger partial charge in [0.25, 0.3) is 0 Å². The third-order valence-corrected chi connectivity index (χ3v) is 3.64. The number of hydrogen-bond acceptors (Lipinski definition) is 5. The van der Waals surface area contributed by atoms with Crippen LogP contribution in [0.3, 0.4) is 0 Å². The first-order chi connectivity index (χ1) is 11.1. The van der Waals surface area contributed by atoms with Gasteiger partial charge in [-0.2, -0.15) is 0 Å². The Bertz CT molecular complexity index is 544. The lowest BCUT2D eigenvalue weighted by Gasteiger charge is -2.29. The van der Waals surface area contributed by atoms with Crippen LogP contribution in [0, 0.1) is 0 Å². The molecular weight excluding hydrogens is 296 g/mol. The number of ether oxygens (including phenoxy) is 1. The van der Waals surface area contributed by atoms with Crippen molar-refractivity contribution in [2.24, 2.45) is 0 Å². The first-order valence-corrected chi connectivity index (χ1v) is 7.69. The van der Waals surface area contributed by atoms with Crippen molar-refractivity contribution in [3.05, 3.63) is 24.3 Å².